The van der Waals surface area contributed by atoms with E-state index in [0.29, 0.717) is 25.9 Å². The molecule has 0 aromatic rings. The number of rotatable bonds is 5. The summed E-state index contributed by atoms with van der Waals surface area (Å²) in [7, 11) is 0. The first kappa shape index (κ1) is 14.8. The Kier molecular flexibility index (Phi) is 4.98. The maximum atomic E-state index is 12.2. The van der Waals surface area contributed by atoms with Crippen molar-refractivity contribution in [1.29, 1.82) is 0 Å². The summed E-state index contributed by atoms with van der Waals surface area (Å²) in [6.07, 6.45) is -2.68. The molecule has 0 aromatic heterocycles. The van der Waals surface area contributed by atoms with E-state index in [9.17, 15) is 22.8 Å². The molecule has 0 aliphatic carbocycles. The number of hydrogen-bond acceptors (Lipinski definition) is 2. The fraction of sp³-hybridized carbons (Fsp3) is 0.818. The van der Waals surface area contributed by atoms with Crippen LogP contribution in [0.5, 0.6) is 0 Å². The van der Waals surface area contributed by atoms with Crippen molar-refractivity contribution in [2.45, 2.75) is 44.8 Å². The lowest BCUT2D eigenvalue weighted by Crippen LogP contribution is -2.43. The van der Waals surface area contributed by atoms with Gasteiger partial charge in [-0.1, -0.05) is 0 Å². The number of likely N-dealkylation sites (tertiary alicyclic amines) is 1. The van der Waals surface area contributed by atoms with Crippen molar-refractivity contribution >= 4 is 11.8 Å². The zero-order valence-electron chi connectivity index (χ0n) is 10.2. The summed E-state index contributed by atoms with van der Waals surface area (Å²) in [5.41, 5.74) is 0. The molecule has 1 heterocycles. The molecule has 0 spiro atoms. The third-order valence-corrected chi connectivity index (χ3v) is 2.87. The Morgan fingerprint density at radius 3 is 2.67 bits per heavy atom. The summed E-state index contributed by atoms with van der Waals surface area (Å²) in [5.74, 6) is -0.578. The van der Waals surface area contributed by atoms with Crippen molar-refractivity contribution in [3.8, 4) is 0 Å². The van der Waals surface area contributed by atoms with Gasteiger partial charge in [0.2, 0.25) is 11.8 Å². The molecular weight excluding hydrogens is 249 g/mol. The molecular formula is C11H17F3N2O2. The van der Waals surface area contributed by atoms with Crippen LogP contribution in [0.2, 0.25) is 0 Å². The minimum Gasteiger partial charge on any atom is -0.345 e. The minimum absolute atomic E-state index is 0.00417. The van der Waals surface area contributed by atoms with E-state index in [1.165, 1.54) is 0 Å². The Bertz CT molecular complexity index is 318. The number of alkyl halides is 3. The van der Waals surface area contributed by atoms with Gasteiger partial charge in [-0.3, -0.25) is 9.59 Å². The van der Waals surface area contributed by atoms with Crippen LogP contribution in [0.3, 0.4) is 0 Å². The standard InChI is InChI=1S/C11H17F3N2O2/c1-8(11(12,13)14)15-9(17)4-2-6-16-7-3-5-10(16)18/h8H,2-7H2,1H3,(H,15,17). The van der Waals surface area contributed by atoms with E-state index < -0.39 is 18.1 Å². The second-order valence-electron chi connectivity index (χ2n) is 4.42. The molecule has 1 N–H and O–H groups in total. The van der Waals surface area contributed by atoms with Crippen molar-refractivity contribution < 1.29 is 22.8 Å². The smallest absolute Gasteiger partial charge is 0.345 e. The van der Waals surface area contributed by atoms with E-state index in [-0.39, 0.29) is 12.3 Å². The third kappa shape index (κ3) is 4.54. The molecule has 1 aliphatic heterocycles. The molecule has 1 rings (SSSR count). The highest BCUT2D eigenvalue weighted by Gasteiger charge is 2.36. The lowest BCUT2D eigenvalue weighted by molar-refractivity contribution is -0.158. The fourth-order valence-electron chi connectivity index (χ4n) is 1.77. The van der Waals surface area contributed by atoms with Crippen molar-refractivity contribution in [3.05, 3.63) is 0 Å². The van der Waals surface area contributed by atoms with E-state index in [1.807, 2.05) is 5.32 Å². The first-order chi connectivity index (χ1) is 8.30. The van der Waals surface area contributed by atoms with Crippen LogP contribution < -0.4 is 5.32 Å². The maximum Gasteiger partial charge on any atom is 0.408 e. The van der Waals surface area contributed by atoms with Gasteiger partial charge in [0.15, 0.2) is 0 Å². The lowest BCUT2D eigenvalue weighted by Gasteiger charge is -2.18. The van der Waals surface area contributed by atoms with Crippen LogP contribution in [-0.2, 0) is 9.59 Å². The second kappa shape index (κ2) is 6.06. The number of carbonyl (C=O) groups is 2. The quantitative estimate of drug-likeness (QED) is 0.819. The van der Waals surface area contributed by atoms with Gasteiger partial charge in [0.05, 0.1) is 0 Å². The predicted molar refractivity (Wildman–Crippen MR) is 58.7 cm³/mol. The Labute approximate surface area is 104 Å². The van der Waals surface area contributed by atoms with E-state index in [0.717, 1.165) is 13.3 Å². The number of carbonyl (C=O) groups excluding carboxylic acids is 2. The topological polar surface area (TPSA) is 49.4 Å². The summed E-state index contributed by atoms with van der Waals surface area (Å²) in [6.45, 7) is 2.02. The summed E-state index contributed by atoms with van der Waals surface area (Å²) in [5, 5.41) is 1.89. The van der Waals surface area contributed by atoms with Gasteiger partial charge in [0, 0.05) is 25.9 Å². The predicted octanol–water partition coefficient (Wildman–Crippen LogP) is 1.46. The van der Waals surface area contributed by atoms with Crippen LogP contribution in [0, 0.1) is 0 Å². The molecule has 0 saturated carbocycles. The zero-order chi connectivity index (χ0) is 13.8. The second-order valence-corrected chi connectivity index (χ2v) is 4.42. The molecule has 0 bridgehead atoms. The van der Waals surface area contributed by atoms with E-state index in [1.54, 1.807) is 4.90 Å². The molecule has 1 unspecified atom stereocenters. The van der Waals surface area contributed by atoms with Gasteiger partial charge in [0.1, 0.15) is 6.04 Å². The van der Waals surface area contributed by atoms with Crippen LogP contribution >= 0.6 is 0 Å². The Morgan fingerprint density at radius 1 is 1.50 bits per heavy atom. The normalized spacial score (nSPS) is 18.0. The Hall–Kier alpha value is -1.27. The number of amides is 2. The van der Waals surface area contributed by atoms with Crippen LogP contribution in [0.1, 0.15) is 32.6 Å². The molecule has 18 heavy (non-hydrogen) atoms. The van der Waals surface area contributed by atoms with E-state index >= 15 is 0 Å². The number of halogens is 3. The fourth-order valence-corrected chi connectivity index (χ4v) is 1.77. The number of nitrogens with one attached hydrogen (secondary N) is 1. The number of nitrogens with zero attached hydrogens (tertiary/aromatic N) is 1. The molecule has 1 saturated heterocycles. The average molecular weight is 266 g/mol. The summed E-state index contributed by atoms with van der Waals surface area (Å²) >= 11 is 0. The Balaban J connectivity index is 2.19. The SMILES string of the molecule is CC(NC(=O)CCCN1CCCC1=O)C(F)(F)F. The largest absolute Gasteiger partial charge is 0.408 e. The van der Waals surface area contributed by atoms with Gasteiger partial charge in [-0.15, -0.1) is 0 Å². The van der Waals surface area contributed by atoms with Gasteiger partial charge in [-0.05, 0) is 19.8 Å². The molecule has 0 aromatic carbocycles. The van der Waals surface area contributed by atoms with Gasteiger partial charge >= 0.3 is 6.18 Å². The molecule has 4 nitrogen and oxygen atoms in total. The maximum absolute atomic E-state index is 12.2. The van der Waals surface area contributed by atoms with E-state index in [2.05, 4.69) is 0 Å². The molecule has 1 fully saturated rings. The van der Waals surface area contributed by atoms with Crippen LogP contribution in [0.4, 0.5) is 13.2 Å². The first-order valence-corrected chi connectivity index (χ1v) is 5.94. The summed E-state index contributed by atoms with van der Waals surface area (Å²) in [4.78, 5) is 24.1. The first-order valence-electron chi connectivity index (χ1n) is 5.94. The third-order valence-electron chi connectivity index (χ3n) is 2.87. The van der Waals surface area contributed by atoms with Crippen LogP contribution in [0.25, 0.3) is 0 Å². The molecule has 1 aliphatic rings. The van der Waals surface area contributed by atoms with Crippen LogP contribution in [0.15, 0.2) is 0 Å². The average Bonchev–Trinajstić information content (AvgIpc) is 2.63. The molecule has 7 heteroatoms. The van der Waals surface area contributed by atoms with Crippen molar-refractivity contribution in [3.63, 3.8) is 0 Å². The minimum atomic E-state index is -4.42. The molecule has 1 atom stereocenters. The van der Waals surface area contributed by atoms with E-state index in [4.69, 9.17) is 0 Å². The summed E-state index contributed by atoms with van der Waals surface area (Å²) in [6, 6.07) is -1.83. The van der Waals surface area contributed by atoms with Gasteiger partial charge in [-0.2, -0.15) is 13.2 Å². The Morgan fingerprint density at radius 2 is 2.17 bits per heavy atom. The van der Waals surface area contributed by atoms with Crippen molar-refractivity contribution in [2.75, 3.05) is 13.1 Å². The highest BCUT2D eigenvalue weighted by atomic mass is 19.4. The van der Waals surface area contributed by atoms with Crippen LogP contribution in [-0.4, -0.2) is 42.0 Å². The lowest BCUT2D eigenvalue weighted by atomic mass is 10.2. The number of hydrogen-bond donors (Lipinski definition) is 1. The highest BCUT2D eigenvalue weighted by molar-refractivity contribution is 5.78. The monoisotopic (exact) mass is 266 g/mol. The van der Waals surface area contributed by atoms with Gasteiger partial charge < -0.3 is 10.2 Å². The zero-order valence-corrected chi connectivity index (χ0v) is 10.2. The molecule has 2 amide bonds. The van der Waals surface area contributed by atoms with Crippen molar-refractivity contribution in [1.82, 2.24) is 10.2 Å². The molecule has 0 radical (unpaired) electrons. The highest BCUT2D eigenvalue weighted by Crippen LogP contribution is 2.19. The van der Waals surface area contributed by atoms with Gasteiger partial charge in [0.25, 0.3) is 0 Å². The van der Waals surface area contributed by atoms with Gasteiger partial charge in [-0.25, -0.2) is 0 Å². The molecule has 104 valence electrons. The summed E-state index contributed by atoms with van der Waals surface area (Å²) < 4.78 is 36.5. The van der Waals surface area contributed by atoms with Crippen molar-refractivity contribution in [2.24, 2.45) is 0 Å².